The molecule has 6 heteroatoms. The van der Waals surface area contributed by atoms with Crippen LogP contribution in [0.1, 0.15) is 72.3 Å². The maximum Gasteiger partial charge on any atom is 0.305 e. The zero-order valence-electron chi connectivity index (χ0n) is 19.3. The number of methoxy groups -OCH3 is 1. The number of aryl methyl sites for hydroxylation is 1. The number of ether oxygens (including phenoxy) is 1. The van der Waals surface area contributed by atoms with Crippen molar-refractivity contribution in [2.45, 2.75) is 70.8 Å². The van der Waals surface area contributed by atoms with Gasteiger partial charge < -0.3 is 10.1 Å². The number of amides is 1. The number of nitrogens with zero attached hydrogens (tertiary/aromatic N) is 2. The second-order valence-corrected chi connectivity index (χ2v) is 10.3. The lowest BCUT2D eigenvalue weighted by atomic mass is 9.53. The van der Waals surface area contributed by atoms with Crippen molar-refractivity contribution in [2.75, 3.05) is 7.11 Å². The molecular weight excluding hydrogens is 402 g/mol. The highest BCUT2D eigenvalue weighted by atomic mass is 16.5. The van der Waals surface area contributed by atoms with E-state index in [0.717, 1.165) is 59.7 Å². The van der Waals surface area contributed by atoms with Crippen LogP contribution < -0.4 is 5.32 Å². The minimum atomic E-state index is -0.217. The number of nitrogens with one attached hydrogen (secondary N) is 1. The van der Waals surface area contributed by atoms with Crippen LogP contribution in [-0.2, 0) is 16.0 Å². The van der Waals surface area contributed by atoms with E-state index in [0.29, 0.717) is 18.4 Å². The number of aromatic nitrogens is 2. The lowest BCUT2D eigenvalue weighted by Gasteiger charge is -2.56. The number of esters is 1. The van der Waals surface area contributed by atoms with Gasteiger partial charge in [-0.25, -0.2) is 4.68 Å². The van der Waals surface area contributed by atoms with Crippen molar-refractivity contribution in [3.05, 3.63) is 46.8 Å². The third kappa shape index (κ3) is 3.84. The molecule has 1 N–H and O–H groups in total. The van der Waals surface area contributed by atoms with Gasteiger partial charge in [0.05, 0.1) is 18.5 Å². The van der Waals surface area contributed by atoms with E-state index >= 15 is 0 Å². The van der Waals surface area contributed by atoms with Crippen LogP contribution in [-0.4, -0.2) is 34.3 Å². The van der Waals surface area contributed by atoms with Crippen LogP contribution in [0.4, 0.5) is 0 Å². The summed E-state index contributed by atoms with van der Waals surface area (Å²) in [5, 5.41) is 8.12. The summed E-state index contributed by atoms with van der Waals surface area (Å²) in [6.45, 7) is 3.98. The fraction of sp³-hybridized carbons (Fsp3) is 0.577. The average molecular weight is 436 g/mol. The molecule has 4 aliphatic rings. The molecule has 6 nitrogen and oxygen atoms in total. The Balaban J connectivity index is 1.29. The van der Waals surface area contributed by atoms with Gasteiger partial charge >= 0.3 is 5.97 Å². The van der Waals surface area contributed by atoms with Crippen molar-refractivity contribution in [1.82, 2.24) is 15.1 Å². The summed E-state index contributed by atoms with van der Waals surface area (Å²) in [5.74, 6) is 2.26. The molecule has 0 saturated heterocycles. The van der Waals surface area contributed by atoms with E-state index in [1.54, 1.807) is 0 Å². The Morgan fingerprint density at radius 3 is 2.22 bits per heavy atom. The fourth-order valence-electron chi connectivity index (χ4n) is 6.95. The van der Waals surface area contributed by atoms with Gasteiger partial charge in [0, 0.05) is 23.2 Å². The van der Waals surface area contributed by atoms with Crippen molar-refractivity contribution >= 4 is 11.9 Å². The number of hydrogen-bond donors (Lipinski definition) is 1. The number of carbonyl (C=O) groups is 2. The Kier molecular flexibility index (Phi) is 5.34. The Hall–Kier alpha value is -2.63. The molecular formula is C26H33N3O3. The second kappa shape index (κ2) is 8.05. The van der Waals surface area contributed by atoms with E-state index in [2.05, 4.69) is 10.4 Å². The van der Waals surface area contributed by atoms with Gasteiger partial charge in [0.25, 0.3) is 5.91 Å². The monoisotopic (exact) mass is 435 g/mol. The van der Waals surface area contributed by atoms with Gasteiger partial charge in [-0.1, -0.05) is 0 Å². The highest BCUT2D eigenvalue weighted by Gasteiger charge is 2.51. The first kappa shape index (κ1) is 21.2. The predicted octanol–water partition coefficient (Wildman–Crippen LogP) is 4.29. The molecule has 6 rings (SSSR count). The Labute approximate surface area is 189 Å². The summed E-state index contributed by atoms with van der Waals surface area (Å²) in [7, 11) is 1.41. The van der Waals surface area contributed by atoms with Crippen LogP contribution in [0.3, 0.4) is 0 Å². The number of rotatable bonds is 6. The van der Waals surface area contributed by atoms with Crippen molar-refractivity contribution in [3.63, 3.8) is 0 Å². The van der Waals surface area contributed by atoms with Crippen LogP contribution in [0.5, 0.6) is 0 Å². The van der Waals surface area contributed by atoms with Gasteiger partial charge in [0.1, 0.15) is 0 Å². The predicted molar refractivity (Wildman–Crippen MR) is 122 cm³/mol. The molecule has 4 fully saturated rings. The van der Waals surface area contributed by atoms with E-state index in [-0.39, 0.29) is 17.4 Å². The van der Waals surface area contributed by atoms with E-state index in [4.69, 9.17) is 4.74 Å². The third-order valence-corrected chi connectivity index (χ3v) is 8.04. The Morgan fingerprint density at radius 1 is 1.06 bits per heavy atom. The third-order valence-electron chi connectivity index (χ3n) is 8.04. The topological polar surface area (TPSA) is 73.2 Å². The van der Waals surface area contributed by atoms with Crippen molar-refractivity contribution in [1.29, 1.82) is 0 Å². The standard InChI is InChI=1S/C26H33N3O3/c1-16-23(8-9-24(30)32-3)17(2)29(28-16)22-6-4-21(5-7-22)25(31)27-26-13-18-10-19(14-26)12-20(11-18)15-26/h4-7,18-20H,8-15H2,1-3H3,(H,27,31). The van der Waals surface area contributed by atoms with Gasteiger partial charge in [-0.3, -0.25) is 9.59 Å². The normalized spacial score (nSPS) is 28.0. The molecule has 4 aliphatic carbocycles. The fourth-order valence-corrected chi connectivity index (χ4v) is 6.95. The molecule has 1 aromatic carbocycles. The van der Waals surface area contributed by atoms with E-state index in [1.807, 2.05) is 42.8 Å². The van der Waals surface area contributed by atoms with Gasteiger partial charge in [-0.05, 0) is 106 Å². The average Bonchev–Trinajstić information content (AvgIpc) is 3.04. The summed E-state index contributed by atoms with van der Waals surface area (Å²) >= 11 is 0. The van der Waals surface area contributed by atoms with E-state index in [1.165, 1.54) is 26.4 Å². The molecule has 1 aromatic heterocycles. The molecule has 0 spiro atoms. The lowest BCUT2D eigenvalue weighted by Crippen LogP contribution is -2.59. The maximum atomic E-state index is 13.1. The second-order valence-electron chi connectivity index (χ2n) is 10.3. The van der Waals surface area contributed by atoms with Crippen LogP contribution in [0, 0.1) is 31.6 Å². The first-order valence-electron chi connectivity index (χ1n) is 11.9. The minimum Gasteiger partial charge on any atom is -0.469 e. The van der Waals surface area contributed by atoms with Gasteiger partial charge in [0.15, 0.2) is 0 Å². The number of hydrogen-bond acceptors (Lipinski definition) is 4. The quantitative estimate of drug-likeness (QED) is 0.687. The molecule has 4 bridgehead atoms. The molecule has 0 unspecified atom stereocenters. The van der Waals surface area contributed by atoms with Crippen LogP contribution in [0.25, 0.3) is 5.69 Å². The summed E-state index contributed by atoms with van der Waals surface area (Å²) in [5.41, 5.74) is 4.64. The van der Waals surface area contributed by atoms with Crippen molar-refractivity contribution in [2.24, 2.45) is 17.8 Å². The zero-order valence-corrected chi connectivity index (χ0v) is 19.3. The SMILES string of the molecule is COC(=O)CCc1c(C)nn(-c2ccc(C(=O)NC34CC5CC(CC(C5)C3)C4)cc2)c1C. The highest BCUT2D eigenvalue weighted by Crippen LogP contribution is 2.55. The molecule has 1 amide bonds. The van der Waals surface area contributed by atoms with Gasteiger partial charge in [-0.2, -0.15) is 5.10 Å². The van der Waals surface area contributed by atoms with Crippen LogP contribution in [0.2, 0.25) is 0 Å². The maximum absolute atomic E-state index is 13.1. The van der Waals surface area contributed by atoms with E-state index in [9.17, 15) is 9.59 Å². The smallest absolute Gasteiger partial charge is 0.305 e. The molecule has 32 heavy (non-hydrogen) atoms. The lowest BCUT2D eigenvalue weighted by molar-refractivity contribution is -0.140. The molecule has 2 aromatic rings. The first-order valence-corrected chi connectivity index (χ1v) is 11.9. The molecule has 0 radical (unpaired) electrons. The van der Waals surface area contributed by atoms with Gasteiger partial charge in [0.2, 0.25) is 0 Å². The summed E-state index contributed by atoms with van der Waals surface area (Å²) < 4.78 is 6.65. The molecule has 1 heterocycles. The number of carbonyl (C=O) groups excluding carboxylic acids is 2. The van der Waals surface area contributed by atoms with Crippen LogP contribution >= 0.6 is 0 Å². The van der Waals surface area contributed by atoms with Crippen LogP contribution in [0.15, 0.2) is 24.3 Å². The summed E-state index contributed by atoms with van der Waals surface area (Å²) in [6, 6.07) is 7.71. The molecule has 0 atom stereocenters. The van der Waals surface area contributed by atoms with Crippen molar-refractivity contribution in [3.8, 4) is 5.69 Å². The highest BCUT2D eigenvalue weighted by molar-refractivity contribution is 5.95. The van der Waals surface area contributed by atoms with Crippen molar-refractivity contribution < 1.29 is 14.3 Å². The molecule has 4 saturated carbocycles. The summed E-state index contributed by atoms with van der Waals surface area (Å²) in [4.78, 5) is 24.6. The zero-order chi connectivity index (χ0) is 22.5. The van der Waals surface area contributed by atoms with Gasteiger partial charge in [-0.15, -0.1) is 0 Å². The minimum absolute atomic E-state index is 0.0225. The number of benzene rings is 1. The Morgan fingerprint density at radius 2 is 1.66 bits per heavy atom. The molecule has 170 valence electrons. The largest absolute Gasteiger partial charge is 0.469 e. The molecule has 0 aliphatic heterocycles. The first-order chi connectivity index (χ1) is 15.4. The van der Waals surface area contributed by atoms with E-state index < -0.39 is 0 Å². The summed E-state index contributed by atoms with van der Waals surface area (Å²) in [6.07, 6.45) is 8.52. The Bertz CT molecular complexity index is 1000.